The largest absolute Gasteiger partial charge is 0.362 e. The zero-order valence-corrected chi connectivity index (χ0v) is 15.7. The third-order valence-corrected chi connectivity index (χ3v) is 6.28. The number of fused-ring (bicyclic) bond motifs is 1. The second kappa shape index (κ2) is 6.98. The van der Waals surface area contributed by atoms with Crippen LogP contribution < -0.4 is 9.62 Å². The van der Waals surface area contributed by atoms with Crippen molar-refractivity contribution in [1.29, 1.82) is 0 Å². The van der Waals surface area contributed by atoms with E-state index in [0.717, 1.165) is 21.3 Å². The van der Waals surface area contributed by atoms with E-state index in [1.165, 1.54) is 30.5 Å². The molecule has 1 N–H and O–H groups in total. The van der Waals surface area contributed by atoms with Gasteiger partial charge in [-0.15, -0.1) is 11.3 Å². The fraction of sp³-hybridized carbons (Fsp3) is 0.188. The summed E-state index contributed by atoms with van der Waals surface area (Å²) in [6.45, 7) is 0.373. The molecule has 0 atom stereocenters. The average Bonchev–Trinajstić information content (AvgIpc) is 3.03. The van der Waals surface area contributed by atoms with E-state index in [1.54, 1.807) is 11.9 Å². The zero-order valence-electron chi connectivity index (χ0n) is 14.0. The molecule has 0 fully saturated rings. The summed E-state index contributed by atoms with van der Waals surface area (Å²) in [6, 6.07) is 11.6. The molecule has 10 heteroatoms. The van der Waals surface area contributed by atoms with E-state index in [0.29, 0.717) is 12.2 Å². The fourth-order valence-electron chi connectivity index (χ4n) is 2.53. The number of nitro groups is 1. The first kappa shape index (κ1) is 18.2. The summed E-state index contributed by atoms with van der Waals surface area (Å²) in [5.41, 5.74) is 0.931. The summed E-state index contributed by atoms with van der Waals surface area (Å²) in [4.78, 5) is 16.9. The van der Waals surface area contributed by atoms with E-state index in [1.807, 2.05) is 24.3 Å². The van der Waals surface area contributed by atoms with Crippen molar-refractivity contribution >= 4 is 43.0 Å². The molecule has 0 aliphatic carbocycles. The molecule has 3 aromatic rings. The lowest BCUT2D eigenvalue weighted by molar-refractivity contribution is -0.384. The summed E-state index contributed by atoms with van der Waals surface area (Å²) in [6.07, 6.45) is 0. The molecule has 3 rings (SSSR count). The van der Waals surface area contributed by atoms with Gasteiger partial charge in [0.1, 0.15) is 10.7 Å². The Hall–Kier alpha value is -2.56. The van der Waals surface area contributed by atoms with Crippen molar-refractivity contribution in [3.05, 3.63) is 57.6 Å². The van der Waals surface area contributed by atoms with Crippen molar-refractivity contribution in [2.75, 3.05) is 19.0 Å². The topological polar surface area (TPSA) is 105 Å². The number of anilines is 1. The van der Waals surface area contributed by atoms with Crippen molar-refractivity contribution in [3.8, 4) is 0 Å². The van der Waals surface area contributed by atoms with Gasteiger partial charge in [-0.05, 0) is 31.3 Å². The molecule has 1 aromatic heterocycles. The Kier molecular flexibility index (Phi) is 4.90. The molecule has 0 bridgehead atoms. The van der Waals surface area contributed by atoms with Crippen LogP contribution in [0.25, 0.3) is 10.2 Å². The SMILES string of the molecule is CNS(=O)(=O)c1ccc(N(C)Cc2nc3ccccc3s2)c([N+](=O)[O-])c1. The fourth-order valence-corrected chi connectivity index (χ4v) is 4.30. The van der Waals surface area contributed by atoms with Crippen LogP contribution in [0.1, 0.15) is 5.01 Å². The third-order valence-electron chi connectivity index (χ3n) is 3.84. The monoisotopic (exact) mass is 392 g/mol. The lowest BCUT2D eigenvalue weighted by Gasteiger charge is -2.18. The van der Waals surface area contributed by atoms with Crippen molar-refractivity contribution in [3.63, 3.8) is 0 Å². The number of benzene rings is 2. The Morgan fingerprint density at radius 3 is 2.65 bits per heavy atom. The number of thiazole rings is 1. The van der Waals surface area contributed by atoms with Crippen molar-refractivity contribution < 1.29 is 13.3 Å². The summed E-state index contributed by atoms with van der Waals surface area (Å²) >= 11 is 1.52. The number of hydrogen-bond acceptors (Lipinski definition) is 7. The molecule has 26 heavy (non-hydrogen) atoms. The lowest BCUT2D eigenvalue weighted by Crippen LogP contribution is -2.20. The molecule has 0 saturated heterocycles. The lowest BCUT2D eigenvalue weighted by atomic mass is 10.2. The van der Waals surface area contributed by atoms with Gasteiger partial charge in [0.05, 0.1) is 26.6 Å². The molecule has 0 radical (unpaired) electrons. The third kappa shape index (κ3) is 3.52. The summed E-state index contributed by atoms with van der Waals surface area (Å²) in [7, 11) is -0.789. The highest BCUT2D eigenvalue weighted by Crippen LogP contribution is 2.32. The summed E-state index contributed by atoms with van der Waals surface area (Å²) in [5, 5.41) is 12.3. The highest BCUT2D eigenvalue weighted by molar-refractivity contribution is 7.89. The van der Waals surface area contributed by atoms with Gasteiger partial charge in [0.15, 0.2) is 0 Å². The van der Waals surface area contributed by atoms with E-state index in [-0.39, 0.29) is 10.6 Å². The summed E-state index contributed by atoms with van der Waals surface area (Å²) < 4.78 is 27.0. The smallest absolute Gasteiger partial charge is 0.293 e. The molecule has 1 heterocycles. The van der Waals surface area contributed by atoms with Crippen LogP contribution in [-0.2, 0) is 16.6 Å². The second-order valence-electron chi connectivity index (χ2n) is 5.55. The van der Waals surface area contributed by atoms with Gasteiger partial charge in [0.25, 0.3) is 5.69 Å². The number of nitrogens with one attached hydrogen (secondary N) is 1. The van der Waals surface area contributed by atoms with Crippen LogP contribution in [-0.4, -0.2) is 32.4 Å². The quantitative estimate of drug-likeness (QED) is 0.511. The molecule has 0 spiro atoms. The average molecular weight is 392 g/mol. The van der Waals surface area contributed by atoms with Crippen molar-refractivity contribution in [1.82, 2.24) is 9.71 Å². The minimum atomic E-state index is -3.76. The molecule has 0 saturated carbocycles. The standard InChI is InChI=1S/C16H16N4O4S2/c1-17-26(23,24)11-7-8-13(14(9-11)20(21)22)19(2)10-16-18-12-5-3-4-6-15(12)25-16/h3-9,17H,10H2,1-2H3. The Morgan fingerprint density at radius 1 is 1.27 bits per heavy atom. The number of hydrogen-bond donors (Lipinski definition) is 1. The Bertz CT molecular complexity index is 1050. The first-order valence-electron chi connectivity index (χ1n) is 7.59. The van der Waals surface area contributed by atoms with Crippen LogP contribution in [0.5, 0.6) is 0 Å². The minimum absolute atomic E-state index is 0.149. The van der Waals surface area contributed by atoms with Crippen molar-refractivity contribution in [2.24, 2.45) is 0 Å². The van der Waals surface area contributed by atoms with Crippen LogP contribution in [0, 0.1) is 10.1 Å². The highest BCUT2D eigenvalue weighted by atomic mass is 32.2. The van der Waals surface area contributed by atoms with Gasteiger partial charge < -0.3 is 4.90 Å². The van der Waals surface area contributed by atoms with Crippen LogP contribution in [0.4, 0.5) is 11.4 Å². The molecule has 136 valence electrons. The molecule has 2 aromatic carbocycles. The van der Waals surface area contributed by atoms with Gasteiger partial charge in [0, 0.05) is 13.1 Å². The van der Waals surface area contributed by atoms with Gasteiger partial charge in [-0.3, -0.25) is 10.1 Å². The highest BCUT2D eigenvalue weighted by Gasteiger charge is 2.23. The van der Waals surface area contributed by atoms with Crippen LogP contribution >= 0.6 is 11.3 Å². The normalized spacial score (nSPS) is 11.6. The number of sulfonamides is 1. The molecular weight excluding hydrogens is 376 g/mol. The van der Waals surface area contributed by atoms with Crippen LogP contribution in [0.3, 0.4) is 0 Å². The van der Waals surface area contributed by atoms with E-state index in [9.17, 15) is 18.5 Å². The second-order valence-corrected chi connectivity index (χ2v) is 8.55. The van der Waals surface area contributed by atoms with Gasteiger partial charge in [-0.25, -0.2) is 18.1 Å². The number of para-hydroxylation sites is 1. The number of nitrogens with zero attached hydrogens (tertiary/aromatic N) is 3. The zero-order chi connectivity index (χ0) is 18.9. The van der Waals surface area contributed by atoms with E-state index >= 15 is 0 Å². The summed E-state index contributed by atoms with van der Waals surface area (Å²) in [5.74, 6) is 0. The molecule has 0 aliphatic heterocycles. The predicted molar refractivity (Wildman–Crippen MR) is 101 cm³/mol. The van der Waals surface area contributed by atoms with Gasteiger partial charge in [0.2, 0.25) is 10.0 Å². The van der Waals surface area contributed by atoms with E-state index in [2.05, 4.69) is 9.71 Å². The maximum absolute atomic E-state index is 11.9. The first-order chi connectivity index (χ1) is 12.3. The van der Waals surface area contributed by atoms with Gasteiger partial charge >= 0.3 is 0 Å². The van der Waals surface area contributed by atoms with Crippen LogP contribution in [0.2, 0.25) is 0 Å². The molecule has 0 amide bonds. The molecule has 0 unspecified atom stereocenters. The molecular formula is C16H16N4O4S2. The molecule has 8 nitrogen and oxygen atoms in total. The number of aromatic nitrogens is 1. The van der Waals surface area contributed by atoms with Gasteiger partial charge in [-0.2, -0.15) is 0 Å². The maximum Gasteiger partial charge on any atom is 0.293 e. The maximum atomic E-state index is 11.9. The minimum Gasteiger partial charge on any atom is -0.362 e. The Balaban J connectivity index is 1.95. The Labute approximate surface area is 154 Å². The molecule has 0 aliphatic rings. The first-order valence-corrected chi connectivity index (χ1v) is 9.89. The Morgan fingerprint density at radius 2 is 2.00 bits per heavy atom. The van der Waals surface area contributed by atoms with E-state index < -0.39 is 14.9 Å². The number of rotatable bonds is 6. The van der Waals surface area contributed by atoms with E-state index in [4.69, 9.17) is 0 Å². The predicted octanol–water partition coefficient (Wildman–Crippen LogP) is 2.75. The number of nitro benzene ring substituents is 1. The van der Waals surface area contributed by atoms with Crippen molar-refractivity contribution in [2.45, 2.75) is 11.4 Å². The van der Waals surface area contributed by atoms with Crippen LogP contribution in [0.15, 0.2) is 47.4 Å². The van der Waals surface area contributed by atoms with Gasteiger partial charge in [-0.1, -0.05) is 12.1 Å².